The van der Waals surface area contributed by atoms with Crippen molar-refractivity contribution >= 4 is 41.4 Å². The molecule has 9 N–H and O–H groups in total. The third kappa shape index (κ3) is 10.7. The average molecular weight is 436 g/mol. The number of aliphatic carboxylic acids is 1. The van der Waals surface area contributed by atoms with Crippen LogP contribution in [0.5, 0.6) is 0 Å². The van der Waals surface area contributed by atoms with E-state index in [0.717, 1.165) is 0 Å². The Morgan fingerprint density at radius 2 is 1.55 bits per heavy atom. The second-order valence-corrected chi connectivity index (χ2v) is 7.25. The maximum atomic E-state index is 12.4. The van der Waals surface area contributed by atoms with E-state index >= 15 is 0 Å². The van der Waals surface area contributed by atoms with E-state index in [1.54, 1.807) is 6.26 Å². The van der Waals surface area contributed by atoms with Gasteiger partial charge >= 0.3 is 5.97 Å². The molecule has 12 nitrogen and oxygen atoms in total. The summed E-state index contributed by atoms with van der Waals surface area (Å²) in [6.45, 7) is 0.689. The lowest BCUT2D eigenvalue weighted by Gasteiger charge is -2.23. The number of carbonyl (C=O) groups excluding carboxylic acids is 4. The molecule has 0 saturated heterocycles. The second kappa shape index (κ2) is 13.7. The Morgan fingerprint density at radius 1 is 0.966 bits per heavy atom. The van der Waals surface area contributed by atoms with Gasteiger partial charge in [-0.1, -0.05) is 0 Å². The summed E-state index contributed by atoms with van der Waals surface area (Å²) in [5.74, 6) is -3.72. The summed E-state index contributed by atoms with van der Waals surface area (Å²) in [5.41, 5.74) is 10.4. The summed E-state index contributed by atoms with van der Waals surface area (Å²) < 4.78 is 0. The van der Waals surface area contributed by atoms with Crippen LogP contribution in [0.15, 0.2) is 0 Å². The van der Waals surface area contributed by atoms with Gasteiger partial charge in [0, 0.05) is 6.42 Å². The van der Waals surface area contributed by atoms with Crippen molar-refractivity contribution in [3.63, 3.8) is 0 Å². The Kier molecular flexibility index (Phi) is 12.6. The summed E-state index contributed by atoms with van der Waals surface area (Å²) in [7, 11) is 0. The predicted molar refractivity (Wildman–Crippen MR) is 106 cm³/mol. The maximum absolute atomic E-state index is 12.4. The van der Waals surface area contributed by atoms with E-state index in [4.69, 9.17) is 21.7 Å². The van der Waals surface area contributed by atoms with E-state index in [-0.39, 0.29) is 19.3 Å². The zero-order valence-corrected chi connectivity index (χ0v) is 17.2. The van der Waals surface area contributed by atoms with E-state index in [2.05, 4.69) is 16.0 Å². The van der Waals surface area contributed by atoms with Crippen LogP contribution in [0.1, 0.15) is 26.2 Å². The normalized spacial score (nSPS) is 14.8. The van der Waals surface area contributed by atoms with Crippen LogP contribution in [0.4, 0.5) is 0 Å². The number of amides is 4. The molecule has 166 valence electrons. The Labute approximate surface area is 172 Å². The van der Waals surface area contributed by atoms with Crippen molar-refractivity contribution in [3.8, 4) is 0 Å². The van der Waals surface area contributed by atoms with Crippen LogP contribution in [-0.4, -0.2) is 82.6 Å². The molecule has 0 aliphatic heterocycles. The third-order valence-corrected chi connectivity index (χ3v) is 4.47. The van der Waals surface area contributed by atoms with Crippen LogP contribution >= 0.6 is 11.8 Å². The van der Waals surface area contributed by atoms with Gasteiger partial charge in [0.1, 0.15) is 24.2 Å². The smallest absolute Gasteiger partial charge is 0.326 e. The predicted octanol–water partition coefficient (Wildman–Crippen LogP) is -3.12. The first kappa shape index (κ1) is 26.6. The van der Waals surface area contributed by atoms with Crippen LogP contribution < -0.4 is 27.4 Å². The van der Waals surface area contributed by atoms with Gasteiger partial charge < -0.3 is 37.6 Å². The molecule has 4 atom stereocenters. The Hall–Kier alpha value is -2.38. The lowest BCUT2D eigenvalue weighted by molar-refractivity contribution is -0.142. The highest BCUT2D eigenvalue weighted by molar-refractivity contribution is 7.98. The number of hydrogen-bond acceptors (Lipinski definition) is 8. The molecule has 0 heterocycles. The van der Waals surface area contributed by atoms with E-state index in [1.807, 2.05) is 0 Å². The number of nitrogens with two attached hydrogens (primary N) is 2. The van der Waals surface area contributed by atoms with Gasteiger partial charge in [0.05, 0.1) is 6.61 Å². The van der Waals surface area contributed by atoms with Crippen LogP contribution in [0.3, 0.4) is 0 Å². The zero-order valence-electron chi connectivity index (χ0n) is 16.3. The highest BCUT2D eigenvalue weighted by Crippen LogP contribution is 2.03. The van der Waals surface area contributed by atoms with Gasteiger partial charge in [-0.05, 0) is 31.8 Å². The Balaban J connectivity index is 5.01. The third-order valence-electron chi connectivity index (χ3n) is 3.82. The molecule has 13 heteroatoms. The molecular weight excluding hydrogens is 406 g/mol. The number of aliphatic hydroxyl groups excluding tert-OH is 1. The van der Waals surface area contributed by atoms with Gasteiger partial charge in [-0.25, -0.2) is 4.79 Å². The first-order chi connectivity index (χ1) is 13.5. The molecule has 0 aromatic carbocycles. The molecule has 0 rings (SSSR count). The molecule has 4 amide bonds. The van der Waals surface area contributed by atoms with Crippen LogP contribution in [0.2, 0.25) is 0 Å². The minimum atomic E-state index is -1.27. The fraction of sp³-hybridized carbons (Fsp3) is 0.688. The molecule has 0 aromatic heterocycles. The number of thioether (sulfide) groups is 1. The van der Waals surface area contributed by atoms with Gasteiger partial charge in [0.2, 0.25) is 23.6 Å². The highest BCUT2D eigenvalue weighted by atomic mass is 32.2. The quantitative estimate of drug-likeness (QED) is 0.147. The molecule has 0 aliphatic rings. The fourth-order valence-corrected chi connectivity index (χ4v) is 2.56. The lowest BCUT2D eigenvalue weighted by Crippen LogP contribution is -2.56. The molecule has 0 fully saturated rings. The van der Waals surface area contributed by atoms with Crippen molar-refractivity contribution in [1.82, 2.24) is 16.0 Å². The van der Waals surface area contributed by atoms with Crippen LogP contribution in [-0.2, 0) is 24.0 Å². The number of rotatable bonds is 14. The van der Waals surface area contributed by atoms with Gasteiger partial charge in [-0.3, -0.25) is 19.2 Å². The maximum Gasteiger partial charge on any atom is 0.326 e. The van der Waals surface area contributed by atoms with Gasteiger partial charge in [-0.2, -0.15) is 11.8 Å². The fourth-order valence-electron chi connectivity index (χ4n) is 2.09. The standard InChI is InChI=1S/C16H29N5O7S/c1-8(13(24)21-11(16(27)28)5-6-29-2)19-15(26)10(3-4-12(18)23)20-14(25)9(17)7-22/h8-11,22H,3-7,17H2,1-2H3,(H2,18,23)(H,19,26)(H,20,25)(H,21,24)(H,27,28). The van der Waals surface area contributed by atoms with Crippen molar-refractivity contribution in [1.29, 1.82) is 0 Å². The zero-order chi connectivity index (χ0) is 22.6. The summed E-state index contributed by atoms with van der Waals surface area (Å²) in [6.07, 6.45) is 1.64. The van der Waals surface area contributed by atoms with Crippen molar-refractivity contribution in [2.24, 2.45) is 11.5 Å². The topological polar surface area (TPSA) is 214 Å². The number of carboxylic acids is 1. The first-order valence-electron chi connectivity index (χ1n) is 8.81. The number of carbonyl (C=O) groups is 5. The van der Waals surface area contributed by atoms with E-state index < -0.39 is 60.4 Å². The van der Waals surface area contributed by atoms with Crippen molar-refractivity contribution < 1.29 is 34.2 Å². The number of carboxylic acid groups (broad SMARTS) is 1. The number of hydrogen-bond donors (Lipinski definition) is 7. The molecule has 29 heavy (non-hydrogen) atoms. The van der Waals surface area contributed by atoms with E-state index in [1.165, 1.54) is 18.7 Å². The molecular formula is C16H29N5O7S. The summed E-state index contributed by atoms with van der Waals surface area (Å²) >= 11 is 1.42. The van der Waals surface area contributed by atoms with Gasteiger partial charge in [-0.15, -0.1) is 0 Å². The summed E-state index contributed by atoms with van der Waals surface area (Å²) in [4.78, 5) is 58.7. The summed E-state index contributed by atoms with van der Waals surface area (Å²) in [5, 5.41) is 25.0. The molecule has 4 unspecified atom stereocenters. The molecule has 0 aromatic rings. The molecule has 0 saturated carbocycles. The number of nitrogens with one attached hydrogen (secondary N) is 3. The van der Waals surface area contributed by atoms with Crippen molar-refractivity contribution in [3.05, 3.63) is 0 Å². The van der Waals surface area contributed by atoms with Gasteiger partial charge in [0.15, 0.2) is 0 Å². The average Bonchev–Trinajstić information content (AvgIpc) is 2.66. The monoisotopic (exact) mass is 435 g/mol. The minimum absolute atomic E-state index is 0.148. The van der Waals surface area contributed by atoms with E-state index in [9.17, 15) is 24.0 Å². The molecule has 0 aliphatic carbocycles. The Morgan fingerprint density at radius 3 is 2.03 bits per heavy atom. The van der Waals surface area contributed by atoms with Crippen LogP contribution in [0.25, 0.3) is 0 Å². The second-order valence-electron chi connectivity index (χ2n) is 6.27. The van der Waals surface area contributed by atoms with Gasteiger partial charge in [0.25, 0.3) is 0 Å². The lowest BCUT2D eigenvalue weighted by atomic mass is 10.1. The van der Waals surface area contributed by atoms with Crippen molar-refractivity contribution in [2.45, 2.75) is 50.4 Å². The summed E-state index contributed by atoms with van der Waals surface area (Å²) in [6, 6.07) is -4.72. The number of aliphatic hydroxyl groups is 1. The molecule has 0 spiro atoms. The SMILES string of the molecule is CSCCC(NC(=O)C(C)NC(=O)C(CCC(N)=O)NC(=O)C(N)CO)C(=O)O. The molecule has 0 bridgehead atoms. The van der Waals surface area contributed by atoms with Crippen molar-refractivity contribution in [2.75, 3.05) is 18.6 Å². The first-order valence-corrected chi connectivity index (χ1v) is 10.2. The minimum Gasteiger partial charge on any atom is -0.480 e. The molecule has 0 radical (unpaired) electrons. The van der Waals surface area contributed by atoms with Crippen LogP contribution in [0, 0.1) is 0 Å². The Bertz CT molecular complexity index is 604. The number of primary amides is 1. The highest BCUT2D eigenvalue weighted by Gasteiger charge is 2.28. The van der Waals surface area contributed by atoms with E-state index in [0.29, 0.717) is 5.75 Å². The largest absolute Gasteiger partial charge is 0.480 e.